The van der Waals surface area contributed by atoms with E-state index in [-0.39, 0.29) is 6.04 Å². The Kier molecular flexibility index (Phi) is 2.35. The maximum atomic E-state index is 12.6. The molecule has 0 spiro atoms. The molecule has 0 atom stereocenters. The Hall–Kier alpha value is -1.27. The minimum Gasteiger partial charge on any atom is -0.493 e. The van der Waals surface area contributed by atoms with Gasteiger partial charge in [0, 0.05) is 30.0 Å². The Morgan fingerprint density at radius 3 is 2.74 bits per heavy atom. The molecular weight excluding hydrogens is 266 g/mol. The lowest BCUT2D eigenvalue weighted by Crippen LogP contribution is -2.27. The number of nitrogens with one attached hydrogen (secondary N) is 1. The first-order valence-corrected chi connectivity index (χ1v) is 8.10. The van der Waals surface area contributed by atoms with Crippen LogP contribution in [-0.4, -0.2) is 27.7 Å². The Morgan fingerprint density at radius 1 is 1.16 bits per heavy atom. The number of sulfonamides is 1. The van der Waals surface area contributed by atoms with E-state index in [9.17, 15) is 8.42 Å². The first kappa shape index (κ1) is 11.5. The van der Waals surface area contributed by atoms with E-state index in [4.69, 9.17) is 9.47 Å². The van der Waals surface area contributed by atoms with Gasteiger partial charge in [0.2, 0.25) is 10.0 Å². The molecule has 5 nitrogen and oxygen atoms in total. The Balaban J connectivity index is 1.90. The van der Waals surface area contributed by atoms with Crippen molar-refractivity contribution < 1.29 is 17.9 Å². The highest BCUT2D eigenvalue weighted by Gasteiger charge is 2.36. The van der Waals surface area contributed by atoms with Crippen LogP contribution in [-0.2, 0) is 22.9 Å². The summed E-state index contributed by atoms with van der Waals surface area (Å²) < 4.78 is 39.0. The molecule has 19 heavy (non-hydrogen) atoms. The van der Waals surface area contributed by atoms with Crippen LogP contribution in [0, 0.1) is 0 Å². The summed E-state index contributed by atoms with van der Waals surface area (Å²) >= 11 is 0. The minimum absolute atomic E-state index is 0.0974. The van der Waals surface area contributed by atoms with E-state index in [0.717, 1.165) is 30.4 Å². The van der Waals surface area contributed by atoms with Crippen LogP contribution in [0.3, 0.4) is 0 Å². The Morgan fingerprint density at radius 2 is 1.95 bits per heavy atom. The van der Waals surface area contributed by atoms with Gasteiger partial charge in [-0.1, -0.05) is 0 Å². The monoisotopic (exact) mass is 281 g/mol. The van der Waals surface area contributed by atoms with Gasteiger partial charge >= 0.3 is 0 Å². The van der Waals surface area contributed by atoms with Crippen molar-refractivity contribution in [3.63, 3.8) is 0 Å². The molecule has 0 amide bonds. The maximum Gasteiger partial charge on any atom is 0.244 e. The summed E-state index contributed by atoms with van der Waals surface area (Å²) in [6.07, 6.45) is 3.23. The van der Waals surface area contributed by atoms with E-state index >= 15 is 0 Å². The minimum atomic E-state index is -3.50. The van der Waals surface area contributed by atoms with Gasteiger partial charge in [-0.3, -0.25) is 0 Å². The van der Waals surface area contributed by atoms with E-state index in [1.54, 1.807) is 0 Å². The fraction of sp³-hybridized carbons (Fsp3) is 0.538. The average Bonchev–Trinajstić information content (AvgIpc) is 2.88. The summed E-state index contributed by atoms with van der Waals surface area (Å²) in [5.74, 6) is 1.25. The quantitative estimate of drug-likeness (QED) is 0.897. The first-order valence-electron chi connectivity index (χ1n) is 6.62. The highest BCUT2D eigenvalue weighted by atomic mass is 32.2. The Bertz CT molecular complexity index is 617. The average molecular weight is 281 g/mol. The van der Waals surface area contributed by atoms with Crippen molar-refractivity contribution in [1.29, 1.82) is 0 Å². The number of fused-ring (bicyclic) bond motifs is 2. The molecule has 1 fully saturated rings. The Labute approximate surface area is 112 Å². The maximum absolute atomic E-state index is 12.6. The highest BCUT2D eigenvalue weighted by molar-refractivity contribution is 7.89. The van der Waals surface area contributed by atoms with Gasteiger partial charge in [0.25, 0.3) is 0 Å². The third-order valence-corrected chi connectivity index (χ3v) is 5.38. The van der Waals surface area contributed by atoms with Crippen LogP contribution in [0.1, 0.15) is 24.0 Å². The molecule has 0 saturated heterocycles. The second-order valence-electron chi connectivity index (χ2n) is 5.26. The van der Waals surface area contributed by atoms with Crippen LogP contribution in [0.2, 0.25) is 0 Å². The summed E-state index contributed by atoms with van der Waals surface area (Å²) in [6.45, 7) is 1.09. The van der Waals surface area contributed by atoms with Crippen LogP contribution in [0.5, 0.6) is 11.5 Å². The third-order valence-electron chi connectivity index (χ3n) is 3.77. The van der Waals surface area contributed by atoms with Crippen molar-refractivity contribution in [2.45, 2.75) is 36.6 Å². The molecule has 0 aromatic heterocycles. The third kappa shape index (κ3) is 1.81. The smallest absolute Gasteiger partial charge is 0.244 e. The van der Waals surface area contributed by atoms with Crippen LogP contribution >= 0.6 is 0 Å². The number of hydrogen-bond donors (Lipinski definition) is 1. The zero-order valence-corrected chi connectivity index (χ0v) is 11.3. The van der Waals surface area contributed by atoms with Gasteiger partial charge in [-0.15, -0.1) is 0 Å². The van der Waals surface area contributed by atoms with Crippen LogP contribution in [0.25, 0.3) is 0 Å². The fourth-order valence-electron chi connectivity index (χ4n) is 2.70. The summed E-state index contributed by atoms with van der Waals surface area (Å²) in [5, 5.41) is 0. The van der Waals surface area contributed by atoms with Gasteiger partial charge in [-0.25, -0.2) is 13.1 Å². The normalized spacial score (nSPS) is 20.6. The first-order chi connectivity index (χ1) is 9.15. The number of benzene rings is 1. The van der Waals surface area contributed by atoms with E-state index < -0.39 is 10.0 Å². The predicted molar refractivity (Wildman–Crippen MR) is 68.2 cm³/mol. The highest BCUT2D eigenvalue weighted by Crippen LogP contribution is 2.43. The van der Waals surface area contributed by atoms with E-state index in [2.05, 4.69) is 4.72 Å². The lowest BCUT2D eigenvalue weighted by molar-refractivity contribution is 0.347. The largest absolute Gasteiger partial charge is 0.493 e. The second kappa shape index (κ2) is 3.86. The molecule has 3 aliphatic rings. The van der Waals surface area contributed by atoms with Gasteiger partial charge in [0.05, 0.1) is 13.2 Å². The lowest BCUT2D eigenvalue weighted by atomic mass is 10.1. The zero-order valence-electron chi connectivity index (χ0n) is 10.4. The van der Waals surface area contributed by atoms with Gasteiger partial charge in [0.1, 0.15) is 16.4 Å². The number of rotatable bonds is 3. The summed E-state index contributed by atoms with van der Waals surface area (Å²) in [4.78, 5) is 0.321. The van der Waals surface area contributed by atoms with E-state index in [0.29, 0.717) is 36.0 Å². The van der Waals surface area contributed by atoms with E-state index in [1.165, 1.54) is 0 Å². The molecule has 0 bridgehead atoms. The number of hydrogen-bond acceptors (Lipinski definition) is 4. The molecule has 6 heteroatoms. The molecule has 2 heterocycles. The standard InChI is InChI=1S/C13H15NO4S/c15-19(16,14-9-1-2-9)13-10-4-6-17-11(10)7-8-3-5-18-12(8)13/h7,9,14H,1-6H2. The van der Waals surface area contributed by atoms with Crippen LogP contribution < -0.4 is 14.2 Å². The summed E-state index contributed by atoms with van der Waals surface area (Å²) in [7, 11) is -3.50. The molecule has 0 unspecified atom stereocenters. The predicted octanol–water partition coefficient (Wildman–Crippen LogP) is 0.997. The van der Waals surface area contributed by atoms with Gasteiger partial charge < -0.3 is 9.47 Å². The van der Waals surface area contributed by atoms with E-state index in [1.807, 2.05) is 6.07 Å². The molecule has 1 saturated carbocycles. The zero-order chi connectivity index (χ0) is 13.0. The lowest BCUT2D eigenvalue weighted by Gasteiger charge is -2.13. The van der Waals surface area contributed by atoms with Crippen LogP contribution in [0.4, 0.5) is 0 Å². The molecule has 102 valence electrons. The van der Waals surface area contributed by atoms with Crippen molar-refractivity contribution in [2.75, 3.05) is 13.2 Å². The topological polar surface area (TPSA) is 64.6 Å². The van der Waals surface area contributed by atoms with Crippen molar-refractivity contribution in [1.82, 2.24) is 4.72 Å². The van der Waals surface area contributed by atoms with Crippen molar-refractivity contribution >= 4 is 10.0 Å². The SMILES string of the molecule is O=S(=O)(NC1CC1)c1c2c(cc3c1OCC3)OCC2. The van der Waals surface area contributed by atoms with Crippen molar-refractivity contribution in [2.24, 2.45) is 0 Å². The summed E-state index contributed by atoms with van der Waals surface area (Å²) in [6, 6.07) is 2.03. The molecule has 4 rings (SSSR count). The van der Waals surface area contributed by atoms with Crippen molar-refractivity contribution in [3.05, 3.63) is 17.2 Å². The van der Waals surface area contributed by atoms with Crippen LogP contribution in [0.15, 0.2) is 11.0 Å². The molecule has 0 radical (unpaired) electrons. The molecule has 1 aromatic rings. The van der Waals surface area contributed by atoms with Gasteiger partial charge in [-0.2, -0.15) is 0 Å². The molecule has 1 aliphatic carbocycles. The molecule has 1 aromatic carbocycles. The molecule has 1 N–H and O–H groups in total. The number of ether oxygens (including phenoxy) is 2. The summed E-state index contributed by atoms with van der Waals surface area (Å²) in [5.41, 5.74) is 1.71. The second-order valence-corrected chi connectivity index (χ2v) is 6.91. The van der Waals surface area contributed by atoms with Gasteiger partial charge in [-0.05, 0) is 18.9 Å². The molecule has 2 aliphatic heterocycles. The van der Waals surface area contributed by atoms with Crippen molar-refractivity contribution in [3.8, 4) is 11.5 Å². The van der Waals surface area contributed by atoms with Gasteiger partial charge in [0.15, 0.2) is 0 Å². The molecular formula is C13H15NO4S. The fourth-order valence-corrected chi connectivity index (χ4v) is 4.46.